The Hall–Kier alpha value is -1.36. The van der Waals surface area contributed by atoms with Crippen molar-refractivity contribution in [2.75, 3.05) is 31.3 Å². The highest BCUT2D eigenvalue weighted by molar-refractivity contribution is 7.91. The molecule has 0 radical (unpaired) electrons. The van der Waals surface area contributed by atoms with Crippen molar-refractivity contribution < 1.29 is 41.0 Å². The third-order valence-corrected chi connectivity index (χ3v) is 4.45. The minimum atomic E-state index is -4.58. The molecule has 1 fully saturated rings. The van der Waals surface area contributed by atoms with Crippen LogP contribution in [0.5, 0.6) is 0 Å². The molecule has 11 heteroatoms. The number of carboxylic acids is 1. The number of carbonyl (C=O) groups excluding carboxylic acids is 1. The maximum Gasteiger partial charge on any atom is 0.411 e. The maximum absolute atomic E-state index is 11.9. The number of carboxylic acid groups (broad SMARTS) is 1. The zero-order valence-electron chi connectivity index (χ0n) is 10.8. The van der Waals surface area contributed by atoms with Crippen molar-refractivity contribution in [2.45, 2.75) is 18.6 Å². The average molecular weight is 333 g/mol. The van der Waals surface area contributed by atoms with Crippen molar-refractivity contribution in [1.29, 1.82) is 0 Å². The second-order valence-electron chi connectivity index (χ2n) is 4.56. The van der Waals surface area contributed by atoms with Crippen LogP contribution in [-0.4, -0.2) is 73.8 Å². The van der Waals surface area contributed by atoms with Gasteiger partial charge in [0.15, 0.2) is 9.84 Å². The molecule has 0 bridgehead atoms. The van der Waals surface area contributed by atoms with Crippen LogP contribution >= 0.6 is 0 Å². The first-order valence-corrected chi connectivity index (χ1v) is 7.68. The summed E-state index contributed by atoms with van der Waals surface area (Å²) in [5.41, 5.74) is 0. The number of amides is 1. The lowest BCUT2D eigenvalue weighted by molar-refractivity contribution is -0.178. The van der Waals surface area contributed by atoms with E-state index in [0.717, 1.165) is 4.90 Å². The van der Waals surface area contributed by atoms with Gasteiger partial charge < -0.3 is 14.7 Å². The second-order valence-corrected chi connectivity index (χ2v) is 6.79. The standard InChI is InChI=1S/C10H14F3NO6S/c11-10(12,13)6-20-4-8(15)14-1-2-21(18,19)5-7(14)3-9(16)17/h7H,1-6H2,(H,16,17). The molecule has 1 N–H and O–H groups in total. The summed E-state index contributed by atoms with van der Waals surface area (Å²) in [6.45, 7) is -2.74. The molecule has 1 saturated heterocycles. The number of hydrogen-bond acceptors (Lipinski definition) is 5. The van der Waals surface area contributed by atoms with E-state index in [0.29, 0.717) is 0 Å². The van der Waals surface area contributed by atoms with E-state index in [4.69, 9.17) is 5.11 Å². The Kier molecular flexibility index (Phi) is 5.56. The van der Waals surface area contributed by atoms with E-state index >= 15 is 0 Å². The normalized spacial score (nSPS) is 22.0. The van der Waals surface area contributed by atoms with E-state index in [9.17, 15) is 31.2 Å². The van der Waals surface area contributed by atoms with Gasteiger partial charge in [-0.15, -0.1) is 0 Å². The van der Waals surface area contributed by atoms with Gasteiger partial charge in [-0.25, -0.2) is 8.42 Å². The van der Waals surface area contributed by atoms with Crippen LogP contribution in [0.25, 0.3) is 0 Å². The predicted octanol–water partition coefficient (Wildman–Crippen LogP) is -0.334. The van der Waals surface area contributed by atoms with Gasteiger partial charge in [0.2, 0.25) is 5.91 Å². The fourth-order valence-electron chi connectivity index (χ4n) is 1.92. The third kappa shape index (κ3) is 6.29. The summed E-state index contributed by atoms with van der Waals surface area (Å²) in [7, 11) is -3.47. The quantitative estimate of drug-likeness (QED) is 0.739. The highest BCUT2D eigenvalue weighted by Gasteiger charge is 2.36. The second kappa shape index (κ2) is 6.60. The van der Waals surface area contributed by atoms with Crippen LogP contribution < -0.4 is 0 Å². The molecule has 0 saturated carbocycles. The van der Waals surface area contributed by atoms with Gasteiger partial charge in [0, 0.05) is 6.54 Å². The molecule has 1 rings (SSSR count). The number of alkyl halides is 3. The number of rotatable bonds is 5. The van der Waals surface area contributed by atoms with Gasteiger partial charge in [0.25, 0.3) is 0 Å². The van der Waals surface area contributed by atoms with Gasteiger partial charge in [0.05, 0.1) is 24.0 Å². The Labute approximate surface area is 118 Å². The van der Waals surface area contributed by atoms with Crippen molar-refractivity contribution >= 4 is 21.7 Å². The molecule has 1 aliphatic rings. The maximum atomic E-state index is 11.9. The van der Waals surface area contributed by atoms with Crippen LogP contribution in [0.4, 0.5) is 13.2 Å². The highest BCUT2D eigenvalue weighted by Crippen LogP contribution is 2.17. The first kappa shape index (κ1) is 17.7. The lowest BCUT2D eigenvalue weighted by atomic mass is 10.2. The Morgan fingerprint density at radius 1 is 1.33 bits per heavy atom. The fraction of sp³-hybridized carbons (Fsp3) is 0.800. The molecule has 21 heavy (non-hydrogen) atoms. The lowest BCUT2D eigenvalue weighted by Crippen LogP contribution is -2.53. The van der Waals surface area contributed by atoms with E-state index in [2.05, 4.69) is 4.74 Å². The minimum Gasteiger partial charge on any atom is -0.481 e. The van der Waals surface area contributed by atoms with Crippen molar-refractivity contribution in [3.63, 3.8) is 0 Å². The summed E-state index contributed by atoms with van der Waals surface area (Å²) in [5.74, 6) is -3.04. The van der Waals surface area contributed by atoms with Crippen molar-refractivity contribution in [3.05, 3.63) is 0 Å². The smallest absolute Gasteiger partial charge is 0.411 e. The topological polar surface area (TPSA) is 101 Å². The zero-order chi connectivity index (χ0) is 16.3. The molecule has 1 amide bonds. The molecule has 0 spiro atoms. The molecular formula is C10H14F3NO6S. The van der Waals surface area contributed by atoms with Gasteiger partial charge in [0.1, 0.15) is 13.2 Å². The number of aliphatic carboxylic acids is 1. The van der Waals surface area contributed by atoms with Gasteiger partial charge in [-0.2, -0.15) is 13.2 Å². The lowest BCUT2D eigenvalue weighted by Gasteiger charge is -2.34. The molecule has 1 unspecified atom stereocenters. The molecule has 1 aliphatic heterocycles. The van der Waals surface area contributed by atoms with Crippen LogP contribution in [0.2, 0.25) is 0 Å². The SMILES string of the molecule is O=C(O)CC1CS(=O)(=O)CCN1C(=O)COCC(F)(F)F. The molecule has 7 nitrogen and oxygen atoms in total. The molecule has 0 aromatic carbocycles. The molecule has 122 valence electrons. The minimum absolute atomic E-state index is 0.255. The zero-order valence-corrected chi connectivity index (χ0v) is 11.6. The van der Waals surface area contributed by atoms with Crippen molar-refractivity contribution in [3.8, 4) is 0 Å². The molecule has 0 aromatic heterocycles. The Balaban J connectivity index is 2.65. The Bertz CT molecular complexity index is 503. The first-order valence-electron chi connectivity index (χ1n) is 5.86. The van der Waals surface area contributed by atoms with Gasteiger partial charge in [-0.1, -0.05) is 0 Å². The van der Waals surface area contributed by atoms with E-state index in [1.165, 1.54) is 0 Å². The largest absolute Gasteiger partial charge is 0.481 e. The number of nitrogens with zero attached hydrogens (tertiary/aromatic N) is 1. The Morgan fingerprint density at radius 2 is 1.95 bits per heavy atom. The first-order chi connectivity index (χ1) is 9.50. The van der Waals surface area contributed by atoms with E-state index in [1.807, 2.05) is 0 Å². The number of carbonyl (C=O) groups is 2. The summed E-state index contributed by atoms with van der Waals surface area (Å²) in [6, 6.07) is -1.09. The number of ether oxygens (including phenoxy) is 1. The van der Waals surface area contributed by atoms with Crippen LogP contribution in [0.1, 0.15) is 6.42 Å². The van der Waals surface area contributed by atoms with E-state index in [1.54, 1.807) is 0 Å². The molecule has 0 aromatic rings. The third-order valence-electron chi connectivity index (χ3n) is 2.75. The summed E-state index contributed by atoms with van der Waals surface area (Å²) >= 11 is 0. The Morgan fingerprint density at radius 3 is 2.48 bits per heavy atom. The monoisotopic (exact) mass is 333 g/mol. The van der Waals surface area contributed by atoms with Gasteiger partial charge >= 0.3 is 12.1 Å². The summed E-state index contributed by atoms with van der Waals surface area (Å²) in [6.07, 6.45) is -5.17. The van der Waals surface area contributed by atoms with Crippen LogP contribution in [0, 0.1) is 0 Å². The van der Waals surface area contributed by atoms with Crippen LogP contribution in [-0.2, 0) is 24.2 Å². The summed E-state index contributed by atoms with van der Waals surface area (Å²) in [4.78, 5) is 23.4. The summed E-state index contributed by atoms with van der Waals surface area (Å²) < 4.78 is 62.8. The van der Waals surface area contributed by atoms with Crippen molar-refractivity contribution in [2.24, 2.45) is 0 Å². The summed E-state index contributed by atoms with van der Waals surface area (Å²) in [5, 5.41) is 8.71. The van der Waals surface area contributed by atoms with Gasteiger partial charge in [-0.3, -0.25) is 9.59 Å². The van der Waals surface area contributed by atoms with E-state index < -0.39 is 59.3 Å². The number of hydrogen-bond donors (Lipinski definition) is 1. The van der Waals surface area contributed by atoms with E-state index in [-0.39, 0.29) is 12.3 Å². The molecular weight excluding hydrogens is 319 g/mol. The van der Waals surface area contributed by atoms with Crippen LogP contribution in [0.3, 0.4) is 0 Å². The van der Waals surface area contributed by atoms with Gasteiger partial charge in [-0.05, 0) is 0 Å². The van der Waals surface area contributed by atoms with Crippen molar-refractivity contribution in [1.82, 2.24) is 4.90 Å². The predicted molar refractivity (Wildman–Crippen MR) is 63.3 cm³/mol. The number of sulfone groups is 1. The average Bonchev–Trinajstić information content (AvgIpc) is 2.24. The molecule has 1 heterocycles. The fourth-order valence-corrected chi connectivity index (χ4v) is 3.45. The molecule has 1 atom stereocenters. The molecule has 0 aliphatic carbocycles. The highest BCUT2D eigenvalue weighted by atomic mass is 32.2. The number of halogens is 3. The van der Waals surface area contributed by atoms with Crippen LogP contribution in [0.15, 0.2) is 0 Å².